The lowest BCUT2D eigenvalue weighted by Gasteiger charge is -2.12. The van der Waals surface area contributed by atoms with Crippen LogP contribution in [0.3, 0.4) is 0 Å². The summed E-state index contributed by atoms with van der Waals surface area (Å²) in [6, 6.07) is 3.50. The summed E-state index contributed by atoms with van der Waals surface area (Å²) in [5.41, 5.74) is 6.74. The molecule has 1 rings (SSSR count). The minimum absolute atomic E-state index is 0.171. The zero-order chi connectivity index (χ0) is 12.3. The monoisotopic (exact) mass is 350 g/mol. The second-order valence-electron chi connectivity index (χ2n) is 3.43. The molecule has 88 valence electrons. The molecule has 0 saturated carbocycles. The highest BCUT2D eigenvalue weighted by molar-refractivity contribution is 9.11. The number of hydrogen-bond acceptors (Lipinski definition) is 3. The number of hydrogen-bond donors (Lipinski definition) is 2. The Balaban J connectivity index is 2.85. The Kier molecular flexibility index (Phi) is 4.61. The Morgan fingerprint density at radius 2 is 2.06 bits per heavy atom. The van der Waals surface area contributed by atoms with E-state index >= 15 is 0 Å². The van der Waals surface area contributed by atoms with Gasteiger partial charge in [0.2, 0.25) is 0 Å². The van der Waals surface area contributed by atoms with E-state index in [1.807, 2.05) is 0 Å². The van der Waals surface area contributed by atoms with E-state index in [2.05, 4.69) is 37.2 Å². The van der Waals surface area contributed by atoms with Crippen LogP contribution in [0.15, 0.2) is 21.1 Å². The van der Waals surface area contributed by atoms with E-state index in [9.17, 15) is 4.79 Å². The summed E-state index contributed by atoms with van der Waals surface area (Å²) in [7, 11) is 0. The lowest BCUT2D eigenvalue weighted by atomic mass is 10.3. The molecule has 0 aliphatic carbocycles. The van der Waals surface area contributed by atoms with Crippen LogP contribution < -0.4 is 11.1 Å². The van der Waals surface area contributed by atoms with Crippen LogP contribution >= 0.6 is 31.9 Å². The minimum Gasteiger partial charge on any atom is -0.447 e. The average Bonchev–Trinajstić information content (AvgIpc) is 2.09. The summed E-state index contributed by atoms with van der Waals surface area (Å²) >= 11 is 6.61. The molecular formula is C10H12Br2N2O2. The van der Waals surface area contributed by atoms with Crippen molar-refractivity contribution in [1.82, 2.24) is 0 Å². The van der Waals surface area contributed by atoms with E-state index in [1.54, 1.807) is 26.0 Å². The average molecular weight is 352 g/mol. The van der Waals surface area contributed by atoms with E-state index < -0.39 is 6.09 Å². The maximum Gasteiger partial charge on any atom is 0.411 e. The van der Waals surface area contributed by atoms with Crippen molar-refractivity contribution in [2.75, 3.05) is 11.1 Å². The Morgan fingerprint density at radius 3 is 2.56 bits per heavy atom. The molecule has 3 N–H and O–H groups in total. The Morgan fingerprint density at radius 1 is 1.44 bits per heavy atom. The highest BCUT2D eigenvalue weighted by Crippen LogP contribution is 2.32. The molecule has 0 spiro atoms. The fourth-order valence-electron chi connectivity index (χ4n) is 1.07. The van der Waals surface area contributed by atoms with Crippen molar-refractivity contribution in [2.24, 2.45) is 0 Å². The molecule has 16 heavy (non-hydrogen) atoms. The van der Waals surface area contributed by atoms with Gasteiger partial charge < -0.3 is 10.5 Å². The first-order valence-electron chi connectivity index (χ1n) is 4.62. The zero-order valence-corrected chi connectivity index (χ0v) is 12.1. The van der Waals surface area contributed by atoms with Crippen LogP contribution in [0.1, 0.15) is 13.8 Å². The van der Waals surface area contributed by atoms with Crippen molar-refractivity contribution >= 4 is 49.3 Å². The van der Waals surface area contributed by atoms with Gasteiger partial charge in [-0.05, 0) is 41.9 Å². The highest BCUT2D eigenvalue weighted by Gasteiger charge is 2.11. The summed E-state index contributed by atoms with van der Waals surface area (Å²) < 4.78 is 6.48. The summed E-state index contributed by atoms with van der Waals surface area (Å²) in [4.78, 5) is 11.4. The Labute approximate surface area is 111 Å². The van der Waals surface area contributed by atoms with Gasteiger partial charge in [-0.15, -0.1) is 0 Å². The van der Waals surface area contributed by atoms with Crippen molar-refractivity contribution < 1.29 is 9.53 Å². The van der Waals surface area contributed by atoms with Gasteiger partial charge in [0, 0.05) is 8.95 Å². The quantitative estimate of drug-likeness (QED) is 0.797. The maximum absolute atomic E-state index is 11.4. The van der Waals surface area contributed by atoms with Gasteiger partial charge in [-0.2, -0.15) is 0 Å². The number of carbonyl (C=O) groups excluding carboxylic acids is 1. The Hall–Kier alpha value is -0.750. The summed E-state index contributed by atoms with van der Waals surface area (Å²) in [6.07, 6.45) is -0.694. The molecule has 0 bridgehead atoms. The number of rotatable bonds is 2. The van der Waals surface area contributed by atoms with E-state index in [1.165, 1.54) is 0 Å². The zero-order valence-electron chi connectivity index (χ0n) is 8.88. The minimum atomic E-state index is -0.523. The lowest BCUT2D eigenvalue weighted by Crippen LogP contribution is -2.19. The third-order valence-electron chi connectivity index (χ3n) is 1.66. The molecule has 4 nitrogen and oxygen atoms in total. The number of nitrogens with two attached hydrogens (primary N) is 1. The van der Waals surface area contributed by atoms with E-state index in [0.717, 1.165) is 4.47 Å². The molecule has 0 fully saturated rings. The van der Waals surface area contributed by atoms with E-state index in [0.29, 0.717) is 15.8 Å². The predicted molar refractivity (Wildman–Crippen MR) is 71.5 cm³/mol. The molecule has 0 radical (unpaired) electrons. The van der Waals surface area contributed by atoms with Crippen molar-refractivity contribution in [2.45, 2.75) is 20.0 Å². The van der Waals surface area contributed by atoms with Crippen LogP contribution in [0.5, 0.6) is 0 Å². The van der Waals surface area contributed by atoms with Gasteiger partial charge in [0.25, 0.3) is 0 Å². The number of nitrogens with one attached hydrogen (secondary N) is 1. The SMILES string of the molecule is CC(C)OC(=O)Nc1c(N)cc(Br)cc1Br. The predicted octanol–water partition coefficient (Wildman–Crippen LogP) is 3.75. The van der Waals surface area contributed by atoms with Crippen LogP contribution in [0.25, 0.3) is 0 Å². The molecule has 0 unspecified atom stereocenters. The first kappa shape index (κ1) is 13.3. The lowest BCUT2D eigenvalue weighted by molar-refractivity contribution is 0.130. The molecule has 0 aliphatic rings. The Bertz CT molecular complexity index is 385. The molecule has 0 atom stereocenters. The first-order valence-corrected chi connectivity index (χ1v) is 6.21. The fourth-order valence-corrected chi connectivity index (χ4v) is 2.43. The number of nitrogen functional groups attached to an aromatic ring is 1. The van der Waals surface area contributed by atoms with Crippen molar-refractivity contribution in [3.63, 3.8) is 0 Å². The van der Waals surface area contributed by atoms with Gasteiger partial charge in [0.05, 0.1) is 17.5 Å². The largest absolute Gasteiger partial charge is 0.447 e. The third-order valence-corrected chi connectivity index (χ3v) is 2.74. The van der Waals surface area contributed by atoms with Crippen LogP contribution in [0, 0.1) is 0 Å². The van der Waals surface area contributed by atoms with Gasteiger partial charge in [0.1, 0.15) is 0 Å². The van der Waals surface area contributed by atoms with Crippen molar-refractivity contribution in [3.8, 4) is 0 Å². The van der Waals surface area contributed by atoms with Gasteiger partial charge in [0.15, 0.2) is 0 Å². The smallest absolute Gasteiger partial charge is 0.411 e. The molecule has 1 amide bonds. The molecule has 1 aromatic rings. The molecule has 6 heteroatoms. The molecule has 0 saturated heterocycles. The molecule has 0 aromatic heterocycles. The van der Waals surface area contributed by atoms with E-state index in [4.69, 9.17) is 10.5 Å². The highest BCUT2D eigenvalue weighted by atomic mass is 79.9. The third kappa shape index (κ3) is 3.68. The molecular weight excluding hydrogens is 340 g/mol. The van der Waals surface area contributed by atoms with Crippen molar-refractivity contribution in [1.29, 1.82) is 0 Å². The van der Waals surface area contributed by atoms with E-state index in [-0.39, 0.29) is 6.10 Å². The van der Waals surface area contributed by atoms with Crippen LogP contribution in [-0.4, -0.2) is 12.2 Å². The fraction of sp³-hybridized carbons (Fsp3) is 0.300. The van der Waals surface area contributed by atoms with Crippen LogP contribution in [0.2, 0.25) is 0 Å². The van der Waals surface area contributed by atoms with Crippen LogP contribution in [-0.2, 0) is 4.74 Å². The normalized spacial score (nSPS) is 10.3. The maximum atomic E-state index is 11.4. The second-order valence-corrected chi connectivity index (χ2v) is 5.20. The number of amides is 1. The molecule has 1 aromatic carbocycles. The number of halogens is 2. The summed E-state index contributed by atoms with van der Waals surface area (Å²) in [5.74, 6) is 0. The first-order chi connectivity index (χ1) is 7.40. The standard InChI is InChI=1S/C10H12Br2N2O2/c1-5(2)16-10(15)14-9-7(12)3-6(11)4-8(9)13/h3-5H,13H2,1-2H3,(H,14,15). The number of benzene rings is 1. The number of carbonyl (C=O) groups is 1. The van der Waals surface area contributed by atoms with Gasteiger partial charge in [-0.3, -0.25) is 5.32 Å². The number of ether oxygens (including phenoxy) is 1. The van der Waals surface area contributed by atoms with Crippen molar-refractivity contribution in [3.05, 3.63) is 21.1 Å². The van der Waals surface area contributed by atoms with Gasteiger partial charge in [-0.25, -0.2) is 4.79 Å². The van der Waals surface area contributed by atoms with Crippen LogP contribution in [0.4, 0.5) is 16.2 Å². The molecule has 0 heterocycles. The van der Waals surface area contributed by atoms with Gasteiger partial charge in [-0.1, -0.05) is 15.9 Å². The van der Waals surface area contributed by atoms with Gasteiger partial charge >= 0.3 is 6.09 Å². The summed E-state index contributed by atoms with van der Waals surface area (Å²) in [6.45, 7) is 3.55. The second kappa shape index (κ2) is 5.54. The molecule has 0 aliphatic heterocycles. The topological polar surface area (TPSA) is 64.3 Å². The number of anilines is 2. The summed E-state index contributed by atoms with van der Waals surface area (Å²) in [5, 5.41) is 2.58.